The van der Waals surface area contributed by atoms with E-state index in [4.69, 9.17) is 4.74 Å². The highest BCUT2D eigenvalue weighted by Gasteiger charge is 2.31. The lowest BCUT2D eigenvalue weighted by Gasteiger charge is -2.38. The molecule has 0 spiro atoms. The molecule has 1 aromatic rings. The first-order valence-electron chi connectivity index (χ1n) is 6.06. The second kappa shape index (κ2) is 4.97. The van der Waals surface area contributed by atoms with Crippen LogP contribution in [0.3, 0.4) is 0 Å². The normalized spacial score (nSPS) is 30.5. The Balaban J connectivity index is 1.81. The molecule has 4 heteroatoms. The Morgan fingerprint density at radius 3 is 3.25 bits per heavy atom. The van der Waals surface area contributed by atoms with Gasteiger partial charge in [-0.1, -0.05) is 6.92 Å². The number of aromatic nitrogens is 2. The Bertz CT molecular complexity index is 312. The van der Waals surface area contributed by atoms with Crippen molar-refractivity contribution in [2.24, 2.45) is 0 Å². The number of rotatable bonds is 4. The third-order valence-electron chi connectivity index (χ3n) is 3.48. The summed E-state index contributed by atoms with van der Waals surface area (Å²) in [6.45, 7) is 6.13. The summed E-state index contributed by atoms with van der Waals surface area (Å²) < 4.78 is 5.82. The highest BCUT2D eigenvalue weighted by molar-refractivity contribution is 4.95. The van der Waals surface area contributed by atoms with E-state index < -0.39 is 0 Å². The summed E-state index contributed by atoms with van der Waals surface area (Å²) in [6.07, 6.45) is 6.86. The number of hydrogen-bond acceptors (Lipinski definition) is 3. The molecule has 2 rings (SSSR count). The Kier molecular flexibility index (Phi) is 3.61. The summed E-state index contributed by atoms with van der Waals surface area (Å²) in [5.41, 5.74) is 1.20. The standard InChI is InChI=1S/C12H21N3O/c1-3-12(2)6-10(4-5-16-12)14-8-11-7-13-9-15-11/h7,9-10,14H,3-6,8H2,1-2H3,(H,13,15). The van der Waals surface area contributed by atoms with Gasteiger partial charge in [0.1, 0.15) is 0 Å². The van der Waals surface area contributed by atoms with E-state index >= 15 is 0 Å². The Morgan fingerprint density at radius 1 is 1.69 bits per heavy atom. The van der Waals surface area contributed by atoms with Crippen LogP contribution in [0.4, 0.5) is 0 Å². The summed E-state index contributed by atoms with van der Waals surface area (Å²) in [5.74, 6) is 0. The molecule has 1 aliphatic rings. The number of nitrogens with zero attached hydrogens (tertiary/aromatic N) is 1. The lowest BCUT2D eigenvalue weighted by molar-refractivity contribution is -0.0781. The molecule has 0 radical (unpaired) electrons. The zero-order valence-electron chi connectivity index (χ0n) is 10.1. The minimum Gasteiger partial charge on any atom is -0.375 e. The van der Waals surface area contributed by atoms with E-state index in [1.807, 2.05) is 6.20 Å². The highest BCUT2D eigenvalue weighted by atomic mass is 16.5. The number of aromatic amines is 1. The first-order valence-corrected chi connectivity index (χ1v) is 6.06. The van der Waals surface area contributed by atoms with Gasteiger partial charge in [-0.2, -0.15) is 0 Å². The van der Waals surface area contributed by atoms with Crippen LogP contribution in [0.15, 0.2) is 12.5 Å². The van der Waals surface area contributed by atoms with Gasteiger partial charge < -0.3 is 15.0 Å². The van der Waals surface area contributed by atoms with Crippen molar-refractivity contribution in [2.75, 3.05) is 6.61 Å². The average Bonchev–Trinajstić information content (AvgIpc) is 2.80. The molecule has 2 N–H and O–H groups in total. The summed E-state index contributed by atoms with van der Waals surface area (Å²) in [5, 5.41) is 3.56. The molecule has 2 atom stereocenters. The molecule has 4 nitrogen and oxygen atoms in total. The SMILES string of the molecule is CCC1(C)CC(NCc2cnc[nH]2)CCO1. The average molecular weight is 223 g/mol. The second-order valence-corrected chi connectivity index (χ2v) is 4.80. The van der Waals surface area contributed by atoms with E-state index in [0.29, 0.717) is 6.04 Å². The van der Waals surface area contributed by atoms with Gasteiger partial charge in [-0.05, 0) is 26.2 Å². The Hall–Kier alpha value is -0.870. The maximum absolute atomic E-state index is 5.82. The quantitative estimate of drug-likeness (QED) is 0.819. The third kappa shape index (κ3) is 2.83. The smallest absolute Gasteiger partial charge is 0.0922 e. The zero-order valence-corrected chi connectivity index (χ0v) is 10.1. The van der Waals surface area contributed by atoms with E-state index in [9.17, 15) is 0 Å². The largest absolute Gasteiger partial charge is 0.375 e. The van der Waals surface area contributed by atoms with Gasteiger partial charge in [-0.25, -0.2) is 4.98 Å². The minimum absolute atomic E-state index is 0.0594. The fourth-order valence-corrected chi connectivity index (χ4v) is 2.19. The van der Waals surface area contributed by atoms with Gasteiger partial charge in [0, 0.05) is 31.1 Å². The molecule has 1 aromatic heterocycles. The Morgan fingerprint density at radius 2 is 2.56 bits per heavy atom. The van der Waals surface area contributed by atoms with Crippen molar-refractivity contribution in [1.82, 2.24) is 15.3 Å². The molecule has 0 amide bonds. The molecule has 2 unspecified atom stereocenters. The van der Waals surface area contributed by atoms with Crippen molar-refractivity contribution in [3.63, 3.8) is 0 Å². The van der Waals surface area contributed by atoms with Crippen LogP contribution in [0.2, 0.25) is 0 Å². The van der Waals surface area contributed by atoms with Gasteiger partial charge in [-0.3, -0.25) is 0 Å². The number of hydrogen-bond donors (Lipinski definition) is 2. The van der Waals surface area contributed by atoms with Crippen molar-refractivity contribution in [3.8, 4) is 0 Å². The van der Waals surface area contributed by atoms with E-state index in [1.165, 1.54) is 0 Å². The van der Waals surface area contributed by atoms with E-state index in [-0.39, 0.29) is 5.60 Å². The fraction of sp³-hybridized carbons (Fsp3) is 0.750. The lowest BCUT2D eigenvalue weighted by Crippen LogP contribution is -2.44. The van der Waals surface area contributed by atoms with Crippen LogP contribution in [0, 0.1) is 0 Å². The summed E-state index contributed by atoms with van der Waals surface area (Å²) >= 11 is 0. The predicted octanol–water partition coefficient (Wildman–Crippen LogP) is 1.85. The van der Waals surface area contributed by atoms with Gasteiger partial charge in [0.2, 0.25) is 0 Å². The lowest BCUT2D eigenvalue weighted by atomic mass is 9.90. The number of ether oxygens (including phenoxy) is 1. The van der Waals surface area contributed by atoms with Crippen molar-refractivity contribution in [1.29, 1.82) is 0 Å². The van der Waals surface area contributed by atoms with Crippen LogP contribution in [-0.2, 0) is 11.3 Å². The van der Waals surface area contributed by atoms with Gasteiger partial charge in [0.05, 0.1) is 11.9 Å². The number of imidazole rings is 1. The summed E-state index contributed by atoms with van der Waals surface area (Å²) in [6, 6.07) is 0.557. The first-order chi connectivity index (χ1) is 7.72. The minimum atomic E-state index is 0.0594. The third-order valence-corrected chi connectivity index (χ3v) is 3.48. The summed E-state index contributed by atoms with van der Waals surface area (Å²) in [4.78, 5) is 7.12. The van der Waals surface area contributed by atoms with Gasteiger partial charge >= 0.3 is 0 Å². The van der Waals surface area contributed by atoms with Crippen LogP contribution in [0.25, 0.3) is 0 Å². The molecule has 0 saturated carbocycles. The van der Waals surface area contributed by atoms with Crippen LogP contribution in [-0.4, -0.2) is 28.2 Å². The van der Waals surface area contributed by atoms with Crippen molar-refractivity contribution >= 4 is 0 Å². The molecule has 16 heavy (non-hydrogen) atoms. The maximum atomic E-state index is 5.82. The maximum Gasteiger partial charge on any atom is 0.0922 e. The molecule has 1 aliphatic heterocycles. The molecular formula is C12H21N3O. The van der Waals surface area contributed by atoms with Crippen LogP contribution in [0.1, 0.15) is 38.8 Å². The topological polar surface area (TPSA) is 49.9 Å². The summed E-state index contributed by atoms with van der Waals surface area (Å²) in [7, 11) is 0. The van der Waals surface area contributed by atoms with Crippen molar-refractivity contribution < 1.29 is 4.74 Å². The number of nitrogens with one attached hydrogen (secondary N) is 2. The first kappa shape index (κ1) is 11.6. The molecule has 90 valence electrons. The number of H-pyrrole nitrogens is 1. The molecule has 1 saturated heterocycles. The van der Waals surface area contributed by atoms with Crippen LogP contribution >= 0.6 is 0 Å². The van der Waals surface area contributed by atoms with E-state index in [0.717, 1.165) is 38.1 Å². The Labute approximate surface area is 96.8 Å². The molecule has 0 aliphatic carbocycles. The van der Waals surface area contributed by atoms with E-state index in [2.05, 4.69) is 29.1 Å². The molecule has 2 heterocycles. The fourth-order valence-electron chi connectivity index (χ4n) is 2.19. The molecule has 0 aromatic carbocycles. The van der Waals surface area contributed by atoms with Crippen molar-refractivity contribution in [3.05, 3.63) is 18.2 Å². The molecule has 1 fully saturated rings. The van der Waals surface area contributed by atoms with Gasteiger partial charge in [0.15, 0.2) is 0 Å². The van der Waals surface area contributed by atoms with Gasteiger partial charge in [-0.15, -0.1) is 0 Å². The highest BCUT2D eigenvalue weighted by Crippen LogP contribution is 2.27. The van der Waals surface area contributed by atoms with E-state index in [1.54, 1.807) is 6.33 Å². The second-order valence-electron chi connectivity index (χ2n) is 4.80. The monoisotopic (exact) mass is 223 g/mol. The zero-order chi connectivity index (χ0) is 11.4. The van der Waals surface area contributed by atoms with Crippen LogP contribution < -0.4 is 5.32 Å². The predicted molar refractivity (Wildman–Crippen MR) is 63.1 cm³/mol. The van der Waals surface area contributed by atoms with Crippen molar-refractivity contribution in [2.45, 2.75) is 51.3 Å². The molecular weight excluding hydrogens is 202 g/mol. The van der Waals surface area contributed by atoms with Gasteiger partial charge in [0.25, 0.3) is 0 Å². The molecule has 0 bridgehead atoms. The van der Waals surface area contributed by atoms with Crippen LogP contribution in [0.5, 0.6) is 0 Å².